The fourth-order valence-electron chi connectivity index (χ4n) is 1.23. The third kappa shape index (κ3) is 4.55. The summed E-state index contributed by atoms with van der Waals surface area (Å²) < 4.78 is 4.95. The molecule has 0 fully saturated rings. The molecule has 0 aromatic carbocycles. The Bertz CT molecular complexity index is 289. The summed E-state index contributed by atoms with van der Waals surface area (Å²) in [6, 6.07) is 0. The number of rotatable bonds is 7. The first-order valence-corrected chi connectivity index (χ1v) is 5.43. The lowest BCUT2D eigenvalue weighted by atomic mass is 10.4. The molecule has 0 saturated carbocycles. The maximum atomic E-state index is 4.95. The van der Waals surface area contributed by atoms with Crippen LogP contribution in [0.2, 0.25) is 0 Å². The zero-order valence-corrected chi connectivity index (χ0v) is 10.2. The molecule has 1 aromatic rings. The van der Waals surface area contributed by atoms with Crippen molar-refractivity contribution in [2.45, 2.75) is 6.92 Å². The van der Waals surface area contributed by atoms with Crippen molar-refractivity contribution < 1.29 is 4.74 Å². The summed E-state index contributed by atoms with van der Waals surface area (Å²) in [5.74, 6) is 0.763. The first kappa shape index (κ1) is 12.9. The van der Waals surface area contributed by atoms with E-state index in [4.69, 9.17) is 4.74 Å². The molecule has 5 heteroatoms. The molecule has 1 rings (SSSR count). The van der Waals surface area contributed by atoms with Gasteiger partial charge in [-0.15, -0.1) is 0 Å². The largest absolute Gasteiger partial charge is 0.383 e. The van der Waals surface area contributed by atoms with Gasteiger partial charge in [-0.05, 0) is 12.5 Å². The first-order valence-electron chi connectivity index (χ1n) is 5.43. The second kappa shape index (κ2) is 7.14. The second-order valence-electron chi connectivity index (χ2n) is 3.72. The van der Waals surface area contributed by atoms with E-state index in [1.165, 1.54) is 0 Å². The van der Waals surface area contributed by atoms with Crippen LogP contribution in [-0.4, -0.2) is 50.4 Å². The first-order chi connectivity index (χ1) is 7.74. The van der Waals surface area contributed by atoms with Gasteiger partial charge in [0.25, 0.3) is 0 Å². The van der Waals surface area contributed by atoms with Gasteiger partial charge in [0.1, 0.15) is 0 Å². The van der Waals surface area contributed by atoms with Gasteiger partial charge in [-0.3, -0.25) is 0 Å². The minimum absolute atomic E-state index is 0.741. The van der Waals surface area contributed by atoms with Crippen LogP contribution in [0.4, 0.5) is 5.95 Å². The Kier molecular flexibility index (Phi) is 5.74. The molecule has 0 spiro atoms. The quantitative estimate of drug-likeness (QED) is 0.682. The molecule has 90 valence electrons. The summed E-state index contributed by atoms with van der Waals surface area (Å²) in [6.45, 7) is 5.38. The summed E-state index contributed by atoms with van der Waals surface area (Å²) in [5.41, 5.74) is 1.08. The molecule has 0 aliphatic carbocycles. The molecule has 1 N–H and O–H groups in total. The number of ether oxygens (including phenoxy) is 1. The van der Waals surface area contributed by atoms with E-state index < -0.39 is 0 Å². The van der Waals surface area contributed by atoms with Gasteiger partial charge in [-0.2, -0.15) is 0 Å². The maximum absolute atomic E-state index is 4.95. The van der Waals surface area contributed by atoms with Crippen molar-refractivity contribution in [3.05, 3.63) is 18.0 Å². The fourth-order valence-corrected chi connectivity index (χ4v) is 1.23. The molecule has 0 bridgehead atoms. The van der Waals surface area contributed by atoms with Crippen LogP contribution in [0.1, 0.15) is 5.56 Å². The highest BCUT2D eigenvalue weighted by Gasteiger charge is 2.02. The van der Waals surface area contributed by atoms with Gasteiger partial charge in [0.05, 0.1) is 6.61 Å². The highest BCUT2D eigenvalue weighted by molar-refractivity contribution is 5.27. The van der Waals surface area contributed by atoms with Crippen LogP contribution in [0.5, 0.6) is 0 Å². The van der Waals surface area contributed by atoms with Crippen LogP contribution in [0, 0.1) is 6.92 Å². The van der Waals surface area contributed by atoms with Gasteiger partial charge in [0.15, 0.2) is 0 Å². The highest BCUT2D eigenvalue weighted by Crippen LogP contribution is 2.02. The lowest BCUT2D eigenvalue weighted by Crippen LogP contribution is -2.31. The average Bonchev–Trinajstić information content (AvgIpc) is 2.29. The molecule has 0 saturated heterocycles. The third-order valence-electron chi connectivity index (χ3n) is 2.22. The van der Waals surface area contributed by atoms with Crippen molar-refractivity contribution in [1.29, 1.82) is 0 Å². The Morgan fingerprint density at radius 3 is 2.62 bits per heavy atom. The van der Waals surface area contributed by atoms with Crippen LogP contribution in [0.15, 0.2) is 12.4 Å². The smallest absolute Gasteiger partial charge is 0.225 e. The molecule has 16 heavy (non-hydrogen) atoms. The van der Waals surface area contributed by atoms with Gasteiger partial charge in [0.2, 0.25) is 5.95 Å². The molecule has 0 aliphatic rings. The minimum Gasteiger partial charge on any atom is -0.383 e. The van der Waals surface area contributed by atoms with Crippen LogP contribution in [-0.2, 0) is 4.74 Å². The molecule has 0 aliphatic heterocycles. The predicted molar refractivity (Wildman–Crippen MR) is 64.8 cm³/mol. The van der Waals surface area contributed by atoms with Crippen molar-refractivity contribution in [1.82, 2.24) is 15.3 Å². The molecule has 1 heterocycles. The van der Waals surface area contributed by atoms with E-state index >= 15 is 0 Å². The van der Waals surface area contributed by atoms with E-state index in [0.717, 1.165) is 37.8 Å². The minimum atomic E-state index is 0.741. The third-order valence-corrected chi connectivity index (χ3v) is 2.22. The number of methoxy groups -OCH3 is 1. The van der Waals surface area contributed by atoms with Gasteiger partial charge in [-0.25, -0.2) is 9.97 Å². The average molecular weight is 224 g/mol. The molecule has 0 unspecified atom stereocenters. The topological polar surface area (TPSA) is 50.3 Å². The Morgan fingerprint density at radius 1 is 1.31 bits per heavy atom. The maximum Gasteiger partial charge on any atom is 0.225 e. The Morgan fingerprint density at radius 2 is 2.00 bits per heavy atom. The molecular weight excluding hydrogens is 204 g/mol. The second-order valence-corrected chi connectivity index (χ2v) is 3.72. The zero-order valence-electron chi connectivity index (χ0n) is 10.2. The lowest BCUT2D eigenvalue weighted by Gasteiger charge is -2.16. The fraction of sp³-hybridized carbons (Fsp3) is 0.636. The molecule has 0 radical (unpaired) electrons. The number of aromatic nitrogens is 2. The number of aryl methyl sites for hydroxylation is 1. The summed E-state index contributed by atoms with van der Waals surface area (Å²) in [4.78, 5) is 10.5. The normalized spacial score (nSPS) is 10.4. The standard InChI is InChI=1S/C11H20N4O/c1-10-8-13-11(14-9-10)15(2)6-4-12-5-7-16-3/h8-9,12H,4-7H2,1-3H3. The molecular formula is C11H20N4O. The number of hydrogen-bond donors (Lipinski definition) is 1. The van der Waals surface area contributed by atoms with Crippen molar-refractivity contribution in [3.63, 3.8) is 0 Å². The number of nitrogens with one attached hydrogen (secondary N) is 1. The van der Waals surface area contributed by atoms with Crippen molar-refractivity contribution in [3.8, 4) is 0 Å². The Hall–Kier alpha value is -1.20. The number of nitrogens with zero attached hydrogens (tertiary/aromatic N) is 3. The monoisotopic (exact) mass is 224 g/mol. The summed E-state index contributed by atoms with van der Waals surface area (Å²) in [7, 11) is 3.69. The highest BCUT2D eigenvalue weighted by atomic mass is 16.5. The van der Waals surface area contributed by atoms with Gasteiger partial charge in [0, 0.05) is 46.2 Å². The van der Waals surface area contributed by atoms with Crippen LogP contribution >= 0.6 is 0 Å². The molecule has 0 amide bonds. The van der Waals surface area contributed by atoms with E-state index in [-0.39, 0.29) is 0 Å². The molecule has 0 atom stereocenters. The Balaban J connectivity index is 2.24. The SMILES string of the molecule is COCCNCCN(C)c1ncc(C)cn1. The van der Waals surface area contributed by atoms with E-state index in [9.17, 15) is 0 Å². The number of hydrogen-bond acceptors (Lipinski definition) is 5. The number of likely N-dealkylation sites (N-methyl/N-ethyl adjacent to an activating group) is 1. The Labute approximate surface area is 96.8 Å². The molecule has 1 aromatic heterocycles. The predicted octanol–water partition coefficient (Wildman–Crippen LogP) is 0.457. The van der Waals surface area contributed by atoms with Crippen LogP contribution < -0.4 is 10.2 Å². The van der Waals surface area contributed by atoms with Crippen molar-refractivity contribution in [2.24, 2.45) is 0 Å². The van der Waals surface area contributed by atoms with Crippen molar-refractivity contribution in [2.75, 3.05) is 45.3 Å². The summed E-state index contributed by atoms with van der Waals surface area (Å²) in [6.07, 6.45) is 3.66. The number of anilines is 1. The van der Waals surface area contributed by atoms with Gasteiger partial charge in [-0.1, -0.05) is 0 Å². The van der Waals surface area contributed by atoms with E-state index in [1.54, 1.807) is 7.11 Å². The van der Waals surface area contributed by atoms with Gasteiger partial charge < -0.3 is 15.0 Å². The summed E-state index contributed by atoms with van der Waals surface area (Å²) in [5, 5.41) is 3.28. The van der Waals surface area contributed by atoms with E-state index in [1.807, 2.05) is 31.3 Å². The molecule has 5 nitrogen and oxygen atoms in total. The lowest BCUT2D eigenvalue weighted by molar-refractivity contribution is 0.200. The van der Waals surface area contributed by atoms with E-state index in [0.29, 0.717) is 0 Å². The zero-order chi connectivity index (χ0) is 11.8. The van der Waals surface area contributed by atoms with E-state index in [2.05, 4.69) is 15.3 Å². The van der Waals surface area contributed by atoms with Crippen molar-refractivity contribution >= 4 is 5.95 Å². The van der Waals surface area contributed by atoms with Crippen LogP contribution in [0.3, 0.4) is 0 Å². The summed E-state index contributed by atoms with van der Waals surface area (Å²) >= 11 is 0. The van der Waals surface area contributed by atoms with Crippen LogP contribution in [0.25, 0.3) is 0 Å². The van der Waals surface area contributed by atoms with Gasteiger partial charge >= 0.3 is 0 Å².